The van der Waals surface area contributed by atoms with Crippen molar-refractivity contribution in [2.24, 2.45) is 28.1 Å². The van der Waals surface area contributed by atoms with Crippen molar-refractivity contribution in [2.45, 2.75) is 76.5 Å². The minimum Gasteiger partial charge on any atom is -0.481 e. The van der Waals surface area contributed by atoms with Crippen LogP contribution in [0.5, 0.6) is 0 Å². The second-order valence-electron chi connectivity index (χ2n) is 10.4. The number of carboxylic acids is 2. The molecule has 15 heteroatoms. The van der Waals surface area contributed by atoms with E-state index in [0.29, 0.717) is 12.0 Å². The van der Waals surface area contributed by atoms with Crippen LogP contribution < -0.4 is 33.2 Å². The lowest BCUT2D eigenvalue weighted by atomic mass is 9.96. The zero-order chi connectivity index (χ0) is 32.1. The first-order valence-electron chi connectivity index (χ1n) is 14.1. The van der Waals surface area contributed by atoms with Crippen molar-refractivity contribution in [3.63, 3.8) is 0 Å². The second kappa shape index (κ2) is 16.7. The summed E-state index contributed by atoms with van der Waals surface area (Å²) in [6.07, 6.45) is 2.07. The van der Waals surface area contributed by atoms with Gasteiger partial charge in [-0.15, -0.1) is 0 Å². The highest BCUT2D eigenvalue weighted by Gasteiger charge is 2.33. The number of fused-ring (bicyclic) bond motifs is 1. The van der Waals surface area contributed by atoms with Crippen molar-refractivity contribution in [2.75, 3.05) is 6.54 Å². The number of carboxylic acid groups (broad SMARTS) is 2. The highest BCUT2D eigenvalue weighted by atomic mass is 16.4. The Hall–Kier alpha value is -4.66. The van der Waals surface area contributed by atoms with E-state index in [0.717, 1.165) is 10.9 Å². The van der Waals surface area contributed by atoms with E-state index in [-0.39, 0.29) is 50.5 Å². The molecule has 0 saturated heterocycles. The van der Waals surface area contributed by atoms with Crippen LogP contribution in [-0.2, 0) is 30.4 Å². The van der Waals surface area contributed by atoms with Crippen molar-refractivity contribution in [1.29, 1.82) is 0 Å². The number of guanidine groups is 1. The fraction of sp³-hybridized carbons (Fsp3) is 0.500. The van der Waals surface area contributed by atoms with Crippen LogP contribution in [0.25, 0.3) is 10.9 Å². The normalized spacial score (nSPS) is 14.5. The number of carbonyl (C=O) groups is 5. The standard InChI is InChI=1S/C28H42N8O7/c1-3-15(2)23(36-24(39)18(29)10-11-22(37)38)26(41)35-21(13-16-14-33-19-8-5-4-7-17(16)19)25(40)34-20(27(42)43)9-6-12-32-28(30)31/h4-5,7-8,14-15,18,20-21,23,33H,3,6,9-13,29H2,1-2H3,(H,34,40)(H,35,41)(H,36,39)(H,37,38)(H,42,43)(H4,30,31,32). The third-order valence-electron chi connectivity index (χ3n) is 7.09. The summed E-state index contributed by atoms with van der Waals surface area (Å²) in [5.74, 6) is -5.01. The van der Waals surface area contributed by atoms with Crippen LogP contribution in [0.4, 0.5) is 0 Å². The number of aliphatic imine (C=N–C) groups is 1. The zero-order valence-electron chi connectivity index (χ0n) is 24.3. The molecule has 2 aromatic rings. The molecule has 1 aromatic carbocycles. The van der Waals surface area contributed by atoms with Gasteiger partial charge in [0.05, 0.1) is 6.04 Å². The number of hydrogen-bond donors (Lipinski definition) is 9. The number of hydrogen-bond acceptors (Lipinski definition) is 7. The summed E-state index contributed by atoms with van der Waals surface area (Å²) >= 11 is 0. The topological polar surface area (TPSA) is 268 Å². The Morgan fingerprint density at radius 3 is 2.26 bits per heavy atom. The first kappa shape index (κ1) is 34.5. The van der Waals surface area contributed by atoms with Gasteiger partial charge in [-0.05, 0) is 36.8 Å². The van der Waals surface area contributed by atoms with E-state index in [9.17, 15) is 29.1 Å². The van der Waals surface area contributed by atoms with Crippen LogP contribution in [0.15, 0.2) is 35.5 Å². The highest BCUT2D eigenvalue weighted by Crippen LogP contribution is 2.20. The molecule has 5 unspecified atom stereocenters. The zero-order valence-corrected chi connectivity index (χ0v) is 24.3. The van der Waals surface area contributed by atoms with Gasteiger partial charge in [0.25, 0.3) is 0 Å². The van der Waals surface area contributed by atoms with E-state index in [1.54, 1.807) is 13.1 Å². The van der Waals surface area contributed by atoms with Gasteiger partial charge in [-0.2, -0.15) is 0 Å². The predicted molar refractivity (Wildman–Crippen MR) is 160 cm³/mol. The van der Waals surface area contributed by atoms with Crippen molar-refractivity contribution in [3.05, 3.63) is 36.0 Å². The van der Waals surface area contributed by atoms with Crippen molar-refractivity contribution < 1.29 is 34.2 Å². The molecule has 12 N–H and O–H groups in total. The lowest BCUT2D eigenvalue weighted by Gasteiger charge is -2.28. The number of carbonyl (C=O) groups excluding carboxylic acids is 3. The van der Waals surface area contributed by atoms with Crippen molar-refractivity contribution in [3.8, 4) is 0 Å². The van der Waals surface area contributed by atoms with E-state index >= 15 is 0 Å². The molecule has 0 saturated carbocycles. The third kappa shape index (κ3) is 10.9. The van der Waals surface area contributed by atoms with Gasteiger partial charge in [0.2, 0.25) is 17.7 Å². The minimum absolute atomic E-state index is 0.0151. The first-order valence-corrected chi connectivity index (χ1v) is 14.1. The number of para-hydroxylation sites is 1. The van der Waals surface area contributed by atoms with Gasteiger partial charge >= 0.3 is 11.9 Å². The lowest BCUT2D eigenvalue weighted by Crippen LogP contribution is -2.59. The maximum Gasteiger partial charge on any atom is 0.326 e. The molecule has 0 spiro atoms. The van der Waals surface area contributed by atoms with Gasteiger partial charge in [-0.25, -0.2) is 4.79 Å². The number of H-pyrrole nitrogens is 1. The van der Waals surface area contributed by atoms with Crippen molar-refractivity contribution >= 4 is 46.5 Å². The summed E-state index contributed by atoms with van der Waals surface area (Å²) in [4.78, 5) is 69.5. The number of aromatic nitrogens is 1. The number of nitrogens with one attached hydrogen (secondary N) is 4. The summed E-state index contributed by atoms with van der Waals surface area (Å²) < 4.78 is 0. The van der Waals surface area contributed by atoms with Crippen LogP contribution in [0.2, 0.25) is 0 Å². The van der Waals surface area contributed by atoms with Crippen molar-refractivity contribution in [1.82, 2.24) is 20.9 Å². The summed E-state index contributed by atoms with van der Waals surface area (Å²) in [6.45, 7) is 3.72. The molecule has 1 heterocycles. The summed E-state index contributed by atoms with van der Waals surface area (Å²) in [7, 11) is 0. The number of nitrogens with zero attached hydrogens (tertiary/aromatic N) is 1. The molecule has 3 amide bonds. The molecular weight excluding hydrogens is 560 g/mol. The molecule has 5 atom stereocenters. The summed E-state index contributed by atoms with van der Waals surface area (Å²) in [6, 6.07) is 2.63. The average Bonchev–Trinajstić information content (AvgIpc) is 3.37. The Morgan fingerprint density at radius 2 is 1.63 bits per heavy atom. The van der Waals surface area contributed by atoms with E-state index < -0.39 is 53.8 Å². The molecule has 1 aromatic heterocycles. The average molecular weight is 603 g/mol. The van der Waals surface area contributed by atoms with E-state index in [2.05, 4.69) is 25.9 Å². The van der Waals surface area contributed by atoms with Gasteiger partial charge in [-0.3, -0.25) is 24.2 Å². The molecule has 15 nitrogen and oxygen atoms in total. The van der Waals surface area contributed by atoms with Gasteiger partial charge in [0, 0.05) is 36.5 Å². The Balaban J connectivity index is 2.30. The SMILES string of the molecule is CCC(C)C(NC(=O)C(N)CCC(=O)O)C(=O)NC(Cc1c[nH]c2ccccc12)C(=O)NC(CCCN=C(N)N)C(=O)O. The third-order valence-corrected chi connectivity index (χ3v) is 7.09. The lowest BCUT2D eigenvalue weighted by molar-refractivity contribution is -0.142. The molecule has 0 aliphatic rings. The van der Waals surface area contributed by atoms with Gasteiger partial charge < -0.3 is 48.3 Å². The Labute approximate surface area is 249 Å². The van der Waals surface area contributed by atoms with Crippen LogP contribution in [0.1, 0.15) is 51.5 Å². The quantitative estimate of drug-likeness (QED) is 0.0602. The monoisotopic (exact) mass is 602 g/mol. The van der Waals surface area contributed by atoms with Crippen LogP contribution >= 0.6 is 0 Å². The minimum atomic E-state index is -1.28. The molecule has 0 bridgehead atoms. The van der Waals surface area contributed by atoms with Gasteiger partial charge in [-0.1, -0.05) is 38.5 Å². The fourth-order valence-corrected chi connectivity index (χ4v) is 4.40. The maximum absolute atomic E-state index is 13.6. The van der Waals surface area contributed by atoms with E-state index in [1.807, 2.05) is 31.2 Å². The molecular formula is C28H42N8O7. The molecule has 0 aliphatic heterocycles. The molecule has 2 rings (SSSR count). The summed E-state index contributed by atoms with van der Waals surface area (Å²) in [5, 5.41) is 27.2. The molecule has 0 radical (unpaired) electrons. The van der Waals surface area contributed by atoms with Gasteiger partial charge in [0.15, 0.2) is 5.96 Å². The maximum atomic E-state index is 13.6. The fourth-order valence-electron chi connectivity index (χ4n) is 4.40. The Bertz CT molecular complexity index is 1310. The number of aliphatic carboxylic acids is 2. The number of benzene rings is 1. The number of aromatic amines is 1. The highest BCUT2D eigenvalue weighted by molar-refractivity contribution is 5.95. The van der Waals surface area contributed by atoms with E-state index in [4.69, 9.17) is 22.3 Å². The van der Waals surface area contributed by atoms with Crippen LogP contribution in [0.3, 0.4) is 0 Å². The van der Waals surface area contributed by atoms with Gasteiger partial charge in [0.1, 0.15) is 18.1 Å². The van der Waals surface area contributed by atoms with Crippen LogP contribution in [0, 0.1) is 5.92 Å². The number of rotatable bonds is 18. The largest absolute Gasteiger partial charge is 0.481 e. The predicted octanol–water partition coefficient (Wildman–Crippen LogP) is -0.459. The van der Waals surface area contributed by atoms with Crippen LogP contribution in [-0.4, -0.2) is 81.5 Å². The van der Waals surface area contributed by atoms with E-state index in [1.165, 1.54) is 0 Å². The Kier molecular flexibility index (Phi) is 13.4. The second-order valence-corrected chi connectivity index (χ2v) is 10.4. The Morgan fingerprint density at radius 1 is 0.953 bits per heavy atom. The molecule has 0 aliphatic carbocycles. The smallest absolute Gasteiger partial charge is 0.326 e. The first-order chi connectivity index (χ1) is 20.3. The molecule has 0 fully saturated rings. The molecule has 43 heavy (non-hydrogen) atoms. The molecule has 236 valence electrons. The number of amides is 3. The number of nitrogens with two attached hydrogens (primary N) is 3. The summed E-state index contributed by atoms with van der Waals surface area (Å²) in [5.41, 5.74) is 18.0.